The van der Waals surface area contributed by atoms with Crippen molar-refractivity contribution in [3.63, 3.8) is 0 Å². The molecule has 22 heavy (non-hydrogen) atoms. The van der Waals surface area contributed by atoms with E-state index in [1.54, 1.807) is 24.3 Å². The van der Waals surface area contributed by atoms with Gasteiger partial charge < -0.3 is 16.3 Å². The summed E-state index contributed by atoms with van der Waals surface area (Å²) < 4.78 is 0. The van der Waals surface area contributed by atoms with E-state index in [4.69, 9.17) is 16.3 Å². The van der Waals surface area contributed by atoms with E-state index in [2.05, 4.69) is 5.16 Å². The van der Waals surface area contributed by atoms with Crippen LogP contribution in [-0.4, -0.2) is 11.8 Å². The number of nitrogens with two attached hydrogens (primary N) is 2. The Labute approximate surface area is 129 Å². The van der Waals surface area contributed by atoms with Crippen molar-refractivity contribution in [1.82, 2.24) is 0 Å². The molecule has 4 N–H and O–H groups in total. The Hall–Kier alpha value is -2.82. The lowest BCUT2D eigenvalue weighted by molar-refractivity contribution is 0.0515. The zero-order valence-corrected chi connectivity index (χ0v) is 12.9. The van der Waals surface area contributed by atoms with E-state index in [0.717, 1.165) is 16.7 Å². The van der Waals surface area contributed by atoms with E-state index in [0.29, 0.717) is 16.8 Å². The molecule has 2 aromatic carbocycles. The molecule has 0 spiro atoms. The Morgan fingerprint density at radius 1 is 1.09 bits per heavy atom. The van der Waals surface area contributed by atoms with Gasteiger partial charge in [0.15, 0.2) is 5.84 Å². The van der Waals surface area contributed by atoms with Gasteiger partial charge in [-0.1, -0.05) is 35.0 Å². The SMILES string of the molecule is Cc1ccc(C(=O)O/N=C(\N)c2cccc(N)c2C)c(C)c1. The molecule has 0 saturated heterocycles. The molecule has 0 heterocycles. The molecule has 0 atom stereocenters. The molecule has 5 nitrogen and oxygen atoms in total. The number of rotatable bonds is 3. The van der Waals surface area contributed by atoms with Crippen LogP contribution in [0.2, 0.25) is 0 Å². The number of amidine groups is 1. The van der Waals surface area contributed by atoms with E-state index < -0.39 is 5.97 Å². The normalized spacial score (nSPS) is 11.3. The van der Waals surface area contributed by atoms with Crippen LogP contribution in [-0.2, 0) is 4.84 Å². The number of aryl methyl sites for hydroxylation is 2. The van der Waals surface area contributed by atoms with Crippen LogP contribution < -0.4 is 11.5 Å². The lowest BCUT2D eigenvalue weighted by atomic mass is 10.1. The van der Waals surface area contributed by atoms with Crippen LogP contribution in [0.15, 0.2) is 41.6 Å². The summed E-state index contributed by atoms with van der Waals surface area (Å²) in [4.78, 5) is 17.0. The number of nitrogens with zero attached hydrogens (tertiary/aromatic N) is 1. The minimum absolute atomic E-state index is 0.114. The summed E-state index contributed by atoms with van der Waals surface area (Å²) in [6, 6.07) is 10.8. The van der Waals surface area contributed by atoms with Gasteiger partial charge in [-0.25, -0.2) is 4.79 Å². The van der Waals surface area contributed by atoms with Gasteiger partial charge >= 0.3 is 5.97 Å². The Morgan fingerprint density at radius 3 is 2.50 bits per heavy atom. The van der Waals surface area contributed by atoms with Gasteiger partial charge in [0.2, 0.25) is 0 Å². The zero-order chi connectivity index (χ0) is 16.3. The first-order valence-electron chi connectivity index (χ1n) is 6.87. The Balaban J connectivity index is 2.20. The highest BCUT2D eigenvalue weighted by Gasteiger charge is 2.12. The molecule has 5 heteroatoms. The van der Waals surface area contributed by atoms with Gasteiger partial charge in [-0.05, 0) is 44.0 Å². The van der Waals surface area contributed by atoms with Crippen molar-refractivity contribution in [3.8, 4) is 0 Å². The second-order valence-electron chi connectivity index (χ2n) is 5.19. The van der Waals surface area contributed by atoms with E-state index >= 15 is 0 Å². The molecular weight excluding hydrogens is 278 g/mol. The van der Waals surface area contributed by atoms with Crippen LogP contribution in [0.5, 0.6) is 0 Å². The molecule has 0 aliphatic carbocycles. The average Bonchev–Trinajstić information content (AvgIpc) is 2.47. The van der Waals surface area contributed by atoms with Gasteiger partial charge in [0.1, 0.15) is 0 Å². The zero-order valence-electron chi connectivity index (χ0n) is 12.9. The molecular formula is C17H19N3O2. The van der Waals surface area contributed by atoms with Crippen molar-refractivity contribution in [1.29, 1.82) is 0 Å². The predicted molar refractivity (Wildman–Crippen MR) is 87.6 cm³/mol. The smallest absolute Gasteiger partial charge is 0.366 e. The highest BCUT2D eigenvalue weighted by Crippen LogP contribution is 2.16. The molecule has 0 aliphatic rings. The molecule has 2 aromatic rings. The van der Waals surface area contributed by atoms with E-state index in [-0.39, 0.29) is 5.84 Å². The van der Waals surface area contributed by atoms with Crippen molar-refractivity contribution in [3.05, 3.63) is 64.2 Å². The minimum atomic E-state index is -0.540. The third kappa shape index (κ3) is 3.25. The number of anilines is 1. The monoisotopic (exact) mass is 297 g/mol. The average molecular weight is 297 g/mol. The molecule has 0 radical (unpaired) electrons. The number of hydrogen-bond donors (Lipinski definition) is 2. The Bertz CT molecular complexity index is 752. The van der Waals surface area contributed by atoms with E-state index in [1.807, 2.05) is 32.9 Å². The van der Waals surface area contributed by atoms with Crippen molar-refractivity contribution in [2.45, 2.75) is 20.8 Å². The first-order valence-corrected chi connectivity index (χ1v) is 6.87. The summed E-state index contributed by atoms with van der Waals surface area (Å²) >= 11 is 0. The number of benzene rings is 2. The summed E-state index contributed by atoms with van der Waals surface area (Å²) in [6.07, 6.45) is 0. The van der Waals surface area contributed by atoms with Crippen molar-refractivity contribution in [2.75, 3.05) is 5.73 Å². The first kappa shape index (κ1) is 15.6. The Kier molecular flexibility index (Phi) is 4.46. The van der Waals surface area contributed by atoms with Gasteiger partial charge in [-0.3, -0.25) is 0 Å². The van der Waals surface area contributed by atoms with Crippen LogP contribution >= 0.6 is 0 Å². The topological polar surface area (TPSA) is 90.7 Å². The summed E-state index contributed by atoms with van der Waals surface area (Å²) in [6.45, 7) is 5.64. The van der Waals surface area contributed by atoms with Crippen molar-refractivity contribution < 1.29 is 9.63 Å². The maximum Gasteiger partial charge on any atom is 0.366 e. The number of oxime groups is 1. The standard InChI is InChI=1S/C17H19N3O2/c1-10-7-8-13(11(2)9-10)17(21)22-20-16(19)14-5-4-6-15(18)12(14)3/h4-9H,18H2,1-3H3,(H2,19,20). The van der Waals surface area contributed by atoms with Gasteiger partial charge in [-0.15, -0.1) is 0 Å². The quantitative estimate of drug-likeness (QED) is 0.299. The first-order chi connectivity index (χ1) is 10.4. The maximum atomic E-state index is 12.1. The summed E-state index contributed by atoms with van der Waals surface area (Å²) in [7, 11) is 0. The van der Waals surface area contributed by atoms with Crippen molar-refractivity contribution in [2.24, 2.45) is 10.9 Å². The highest BCUT2D eigenvalue weighted by atomic mass is 16.7. The molecule has 0 saturated carbocycles. The third-order valence-corrected chi connectivity index (χ3v) is 3.48. The van der Waals surface area contributed by atoms with Gasteiger partial charge in [0, 0.05) is 11.3 Å². The van der Waals surface area contributed by atoms with Crippen LogP contribution in [0, 0.1) is 20.8 Å². The van der Waals surface area contributed by atoms with E-state index in [1.165, 1.54) is 0 Å². The fourth-order valence-electron chi connectivity index (χ4n) is 2.16. The van der Waals surface area contributed by atoms with Gasteiger partial charge in [-0.2, -0.15) is 0 Å². The lowest BCUT2D eigenvalue weighted by Gasteiger charge is -2.07. The van der Waals surface area contributed by atoms with Crippen LogP contribution in [0.3, 0.4) is 0 Å². The second kappa shape index (κ2) is 6.30. The molecule has 114 valence electrons. The molecule has 0 unspecified atom stereocenters. The number of nitrogen functional groups attached to an aromatic ring is 1. The van der Waals surface area contributed by atoms with E-state index in [9.17, 15) is 4.79 Å². The number of carbonyl (C=O) groups excluding carboxylic acids is 1. The molecule has 0 fully saturated rings. The largest absolute Gasteiger partial charge is 0.398 e. The van der Waals surface area contributed by atoms with Crippen molar-refractivity contribution >= 4 is 17.5 Å². The molecule has 0 aliphatic heterocycles. The summed E-state index contributed by atoms with van der Waals surface area (Å²) in [5.74, 6) is -0.426. The van der Waals surface area contributed by atoms with Crippen LogP contribution in [0.4, 0.5) is 5.69 Å². The maximum absolute atomic E-state index is 12.1. The summed E-state index contributed by atoms with van der Waals surface area (Å²) in [5.41, 5.74) is 16.1. The number of hydrogen-bond acceptors (Lipinski definition) is 4. The highest BCUT2D eigenvalue weighted by molar-refractivity contribution is 6.00. The third-order valence-electron chi connectivity index (χ3n) is 3.48. The minimum Gasteiger partial charge on any atom is -0.398 e. The number of carbonyl (C=O) groups is 1. The molecule has 0 aromatic heterocycles. The van der Waals surface area contributed by atoms with Gasteiger partial charge in [0.25, 0.3) is 0 Å². The van der Waals surface area contributed by atoms with Gasteiger partial charge in [0.05, 0.1) is 5.56 Å². The fraction of sp³-hybridized carbons (Fsp3) is 0.176. The summed E-state index contributed by atoms with van der Waals surface area (Å²) in [5, 5.41) is 3.73. The molecule has 0 amide bonds. The predicted octanol–water partition coefficient (Wildman–Crippen LogP) is 2.67. The molecule has 0 bridgehead atoms. The van der Waals surface area contributed by atoms with Crippen LogP contribution in [0.25, 0.3) is 0 Å². The Morgan fingerprint density at radius 2 is 1.82 bits per heavy atom. The second-order valence-corrected chi connectivity index (χ2v) is 5.19. The van der Waals surface area contributed by atoms with Crippen LogP contribution in [0.1, 0.15) is 32.6 Å². The molecule has 2 rings (SSSR count). The fourth-order valence-corrected chi connectivity index (χ4v) is 2.16. The lowest BCUT2D eigenvalue weighted by Crippen LogP contribution is -2.17.